The van der Waals surface area contributed by atoms with Crippen molar-refractivity contribution in [3.05, 3.63) is 0 Å². The molecule has 168 valence electrons. The van der Waals surface area contributed by atoms with Crippen molar-refractivity contribution >= 4 is 5.97 Å². The summed E-state index contributed by atoms with van der Waals surface area (Å²) < 4.78 is 16.6. The standard InChI is InChI=1S/C24H48O4/c1-4-6-8-10-11-12-13-15-19-26-21-22-27-20-16-18-24(25)28-23(3)17-14-9-7-5-2/h23H,4-22H2,1-3H3. The molecule has 4 heteroatoms. The van der Waals surface area contributed by atoms with Crippen molar-refractivity contribution in [1.82, 2.24) is 0 Å². The molecule has 4 nitrogen and oxygen atoms in total. The molecule has 0 fully saturated rings. The molecule has 0 bridgehead atoms. The van der Waals surface area contributed by atoms with Gasteiger partial charge in [-0.1, -0.05) is 78.1 Å². The van der Waals surface area contributed by atoms with Crippen LogP contribution in [0.3, 0.4) is 0 Å². The molecule has 0 rings (SSSR count). The Kier molecular flexibility index (Phi) is 22.2. The molecular formula is C24H48O4. The minimum atomic E-state index is -0.0995. The molecule has 0 aliphatic carbocycles. The highest BCUT2D eigenvalue weighted by Crippen LogP contribution is 2.10. The molecular weight excluding hydrogens is 352 g/mol. The van der Waals surface area contributed by atoms with Crippen LogP contribution in [0.2, 0.25) is 0 Å². The predicted molar refractivity (Wildman–Crippen MR) is 118 cm³/mol. The second-order valence-electron chi connectivity index (χ2n) is 7.95. The van der Waals surface area contributed by atoms with Crippen LogP contribution in [0.4, 0.5) is 0 Å². The number of unbranched alkanes of at least 4 members (excludes halogenated alkanes) is 10. The number of rotatable bonds is 22. The highest BCUT2D eigenvalue weighted by Gasteiger charge is 2.09. The number of carbonyl (C=O) groups excluding carboxylic acids is 1. The van der Waals surface area contributed by atoms with Crippen LogP contribution in [0.15, 0.2) is 0 Å². The molecule has 0 heterocycles. The Labute approximate surface area is 175 Å². The fourth-order valence-corrected chi connectivity index (χ4v) is 3.18. The highest BCUT2D eigenvalue weighted by atomic mass is 16.5. The topological polar surface area (TPSA) is 44.8 Å². The zero-order chi connectivity index (χ0) is 20.7. The van der Waals surface area contributed by atoms with Crippen LogP contribution >= 0.6 is 0 Å². The van der Waals surface area contributed by atoms with Gasteiger partial charge in [-0.25, -0.2) is 0 Å². The third kappa shape index (κ3) is 21.7. The maximum absolute atomic E-state index is 11.8. The first-order valence-corrected chi connectivity index (χ1v) is 12.1. The molecule has 0 aromatic heterocycles. The van der Waals surface area contributed by atoms with Crippen LogP contribution in [-0.2, 0) is 19.0 Å². The third-order valence-electron chi connectivity index (χ3n) is 4.98. The minimum Gasteiger partial charge on any atom is -0.463 e. The van der Waals surface area contributed by atoms with Gasteiger partial charge < -0.3 is 14.2 Å². The Morgan fingerprint density at radius 1 is 0.643 bits per heavy atom. The molecule has 0 N–H and O–H groups in total. The number of esters is 1. The van der Waals surface area contributed by atoms with Gasteiger partial charge in [0.1, 0.15) is 0 Å². The minimum absolute atomic E-state index is 0.0371. The summed E-state index contributed by atoms with van der Waals surface area (Å²) in [6.07, 6.45) is 17.6. The Balaban J connectivity index is 3.22. The second-order valence-corrected chi connectivity index (χ2v) is 7.95. The average Bonchev–Trinajstić information content (AvgIpc) is 2.68. The van der Waals surface area contributed by atoms with E-state index in [1.165, 1.54) is 64.2 Å². The summed E-state index contributed by atoms with van der Waals surface area (Å²) in [5.74, 6) is -0.0995. The maximum Gasteiger partial charge on any atom is 0.306 e. The third-order valence-corrected chi connectivity index (χ3v) is 4.98. The largest absolute Gasteiger partial charge is 0.463 e. The second kappa shape index (κ2) is 22.7. The lowest BCUT2D eigenvalue weighted by Crippen LogP contribution is -2.15. The Hall–Kier alpha value is -0.610. The first-order valence-electron chi connectivity index (χ1n) is 12.1. The number of hydrogen-bond acceptors (Lipinski definition) is 4. The average molecular weight is 401 g/mol. The summed E-state index contributed by atoms with van der Waals surface area (Å²) in [6, 6.07) is 0. The van der Waals surface area contributed by atoms with Crippen molar-refractivity contribution in [2.24, 2.45) is 0 Å². The van der Waals surface area contributed by atoms with Gasteiger partial charge in [0.25, 0.3) is 0 Å². The van der Waals surface area contributed by atoms with Crippen LogP contribution in [0.1, 0.15) is 117 Å². The van der Waals surface area contributed by atoms with Gasteiger partial charge in [0, 0.05) is 19.6 Å². The lowest BCUT2D eigenvalue weighted by atomic mass is 10.1. The summed E-state index contributed by atoms with van der Waals surface area (Å²) in [5.41, 5.74) is 0. The van der Waals surface area contributed by atoms with Crippen LogP contribution in [0.25, 0.3) is 0 Å². The molecule has 0 aromatic carbocycles. The van der Waals surface area contributed by atoms with E-state index < -0.39 is 0 Å². The molecule has 0 aliphatic heterocycles. The SMILES string of the molecule is CCCCCCCCCCOCCOCCCC(=O)OC(C)CCCCCC. The molecule has 0 saturated heterocycles. The van der Waals surface area contributed by atoms with Crippen LogP contribution in [0, 0.1) is 0 Å². The summed E-state index contributed by atoms with van der Waals surface area (Å²) >= 11 is 0. The predicted octanol–water partition coefficient (Wildman–Crippen LogP) is 6.84. The normalized spacial score (nSPS) is 12.2. The number of carbonyl (C=O) groups is 1. The lowest BCUT2D eigenvalue weighted by Gasteiger charge is -2.13. The van der Waals surface area contributed by atoms with Crippen molar-refractivity contribution < 1.29 is 19.0 Å². The van der Waals surface area contributed by atoms with E-state index in [-0.39, 0.29) is 12.1 Å². The lowest BCUT2D eigenvalue weighted by molar-refractivity contribution is -0.148. The maximum atomic E-state index is 11.8. The van der Waals surface area contributed by atoms with Crippen molar-refractivity contribution in [1.29, 1.82) is 0 Å². The zero-order valence-electron chi connectivity index (χ0n) is 19.1. The molecule has 28 heavy (non-hydrogen) atoms. The fraction of sp³-hybridized carbons (Fsp3) is 0.958. The van der Waals surface area contributed by atoms with Gasteiger partial charge in [-0.15, -0.1) is 0 Å². The molecule has 0 aromatic rings. The van der Waals surface area contributed by atoms with Crippen molar-refractivity contribution in [3.8, 4) is 0 Å². The molecule has 1 unspecified atom stereocenters. The van der Waals surface area contributed by atoms with Crippen molar-refractivity contribution in [2.45, 2.75) is 123 Å². The molecule has 0 spiro atoms. The first kappa shape index (κ1) is 27.4. The van der Waals surface area contributed by atoms with Gasteiger partial charge >= 0.3 is 5.97 Å². The van der Waals surface area contributed by atoms with Crippen LogP contribution < -0.4 is 0 Å². The summed E-state index contributed by atoms with van der Waals surface area (Å²) in [6.45, 7) is 9.14. The Morgan fingerprint density at radius 3 is 1.75 bits per heavy atom. The van der Waals surface area contributed by atoms with E-state index in [0.717, 1.165) is 32.3 Å². The monoisotopic (exact) mass is 400 g/mol. The van der Waals surface area contributed by atoms with E-state index in [4.69, 9.17) is 14.2 Å². The number of hydrogen-bond donors (Lipinski definition) is 0. The Morgan fingerprint density at radius 2 is 1.14 bits per heavy atom. The smallest absolute Gasteiger partial charge is 0.306 e. The van der Waals surface area contributed by atoms with Gasteiger partial charge in [-0.3, -0.25) is 4.79 Å². The highest BCUT2D eigenvalue weighted by molar-refractivity contribution is 5.69. The molecule has 0 saturated carbocycles. The quantitative estimate of drug-likeness (QED) is 0.147. The summed E-state index contributed by atoms with van der Waals surface area (Å²) in [7, 11) is 0. The van der Waals surface area contributed by atoms with E-state index in [0.29, 0.717) is 26.2 Å². The van der Waals surface area contributed by atoms with E-state index >= 15 is 0 Å². The van der Waals surface area contributed by atoms with Gasteiger partial charge in [-0.2, -0.15) is 0 Å². The molecule has 1 atom stereocenters. The van der Waals surface area contributed by atoms with Crippen LogP contribution in [-0.4, -0.2) is 38.5 Å². The van der Waals surface area contributed by atoms with Gasteiger partial charge in [0.15, 0.2) is 0 Å². The van der Waals surface area contributed by atoms with Crippen molar-refractivity contribution in [2.75, 3.05) is 26.4 Å². The summed E-state index contributed by atoms with van der Waals surface area (Å²) in [4.78, 5) is 11.8. The van der Waals surface area contributed by atoms with Gasteiger partial charge in [-0.05, 0) is 32.6 Å². The fourth-order valence-electron chi connectivity index (χ4n) is 3.18. The van der Waals surface area contributed by atoms with Gasteiger partial charge in [0.05, 0.1) is 19.3 Å². The van der Waals surface area contributed by atoms with E-state index in [1.807, 2.05) is 6.92 Å². The Bertz CT molecular complexity index is 320. The van der Waals surface area contributed by atoms with E-state index in [2.05, 4.69) is 13.8 Å². The molecule has 0 amide bonds. The molecule has 0 aliphatic rings. The van der Waals surface area contributed by atoms with E-state index in [1.54, 1.807) is 0 Å². The van der Waals surface area contributed by atoms with Gasteiger partial charge in [0.2, 0.25) is 0 Å². The number of ether oxygens (including phenoxy) is 3. The first-order chi connectivity index (χ1) is 13.7. The summed E-state index contributed by atoms with van der Waals surface area (Å²) in [5, 5.41) is 0. The zero-order valence-corrected chi connectivity index (χ0v) is 19.1. The van der Waals surface area contributed by atoms with Crippen molar-refractivity contribution in [3.63, 3.8) is 0 Å². The molecule has 0 radical (unpaired) electrons. The van der Waals surface area contributed by atoms with Crippen LogP contribution in [0.5, 0.6) is 0 Å². The van der Waals surface area contributed by atoms with E-state index in [9.17, 15) is 4.79 Å².